The van der Waals surface area contributed by atoms with Crippen molar-refractivity contribution in [3.8, 4) is 23.1 Å². The molecule has 232 valence electrons. The number of hydrogen-bond acceptors (Lipinski definition) is 9. The Kier molecular flexibility index (Phi) is 8.49. The van der Waals surface area contributed by atoms with Gasteiger partial charge in [-0.1, -0.05) is 42.0 Å². The Balaban J connectivity index is 1.13. The van der Waals surface area contributed by atoms with E-state index in [0.717, 1.165) is 16.7 Å². The van der Waals surface area contributed by atoms with E-state index in [1.165, 1.54) is 13.4 Å². The number of Topliss-reactive ketones (excluding diaryl/α,β-unsaturated/α-hetero) is 2. The molecule has 6 rings (SSSR count). The number of nitrogens with zero attached hydrogens (tertiary/aromatic N) is 3. The summed E-state index contributed by atoms with van der Waals surface area (Å²) in [5.41, 5.74) is 2.53. The van der Waals surface area contributed by atoms with E-state index in [2.05, 4.69) is 15.3 Å². The minimum atomic E-state index is -0.866. The number of carbonyl (C=O) groups is 3. The van der Waals surface area contributed by atoms with Crippen molar-refractivity contribution in [3.63, 3.8) is 0 Å². The third-order valence-corrected chi connectivity index (χ3v) is 8.62. The van der Waals surface area contributed by atoms with Gasteiger partial charge in [0.05, 0.1) is 23.4 Å². The van der Waals surface area contributed by atoms with Gasteiger partial charge >= 0.3 is 6.09 Å². The first-order valence-corrected chi connectivity index (χ1v) is 15.2. The van der Waals surface area contributed by atoms with E-state index in [1.54, 1.807) is 29.2 Å². The fourth-order valence-corrected chi connectivity index (χ4v) is 5.67. The van der Waals surface area contributed by atoms with Crippen molar-refractivity contribution in [1.29, 1.82) is 0 Å². The maximum Gasteiger partial charge on any atom is 0.415 e. The minimum absolute atomic E-state index is 0.00125. The van der Waals surface area contributed by atoms with Gasteiger partial charge in [0.2, 0.25) is 5.88 Å². The van der Waals surface area contributed by atoms with E-state index in [-0.39, 0.29) is 36.2 Å². The van der Waals surface area contributed by atoms with Gasteiger partial charge in [-0.05, 0) is 56.0 Å². The minimum Gasteiger partial charge on any atom is -0.493 e. The number of ketones is 2. The molecule has 45 heavy (non-hydrogen) atoms. The number of aryl methyl sites for hydroxylation is 1. The van der Waals surface area contributed by atoms with Crippen molar-refractivity contribution in [3.05, 3.63) is 83.7 Å². The normalized spacial score (nSPS) is 17.0. The van der Waals surface area contributed by atoms with Crippen LogP contribution in [0.2, 0.25) is 0 Å². The zero-order valence-corrected chi connectivity index (χ0v) is 25.7. The summed E-state index contributed by atoms with van der Waals surface area (Å²) in [6.45, 7) is 5.92. The third-order valence-electron chi connectivity index (χ3n) is 8.62. The number of methoxy groups -OCH3 is 1. The van der Waals surface area contributed by atoms with Crippen molar-refractivity contribution in [2.45, 2.75) is 45.6 Å². The van der Waals surface area contributed by atoms with Crippen LogP contribution in [0.4, 0.5) is 4.79 Å². The Hall–Kier alpha value is -4.83. The average molecular weight is 609 g/mol. The summed E-state index contributed by atoms with van der Waals surface area (Å²) in [6.07, 6.45) is 2.60. The van der Waals surface area contributed by atoms with Crippen LogP contribution in [-0.2, 0) is 22.4 Å². The lowest BCUT2D eigenvalue weighted by Crippen LogP contribution is -2.53. The van der Waals surface area contributed by atoms with Crippen LogP contribution in [0.3, 0.4) is 0 Å². The van der Waals surface area contributed by atoms with Crippen molar-refractivity contribution in [1.82, 2.24) is 20.2 Å². The Bertz CT molecular complexity index is 1730. The van der Waals surface area contributed by atoms with Crippen molar-refractivity contribution >= 4 is 28.6 Å². The van der Waals surface area contributed by atoms with Gasteiger partial charge in [-0.2, -0.15) is 0 Å². The van der Waals surface area contributed by atoms with Gasteiger partial charge in [0.15, 0.2) is 23.1 Å². The fourth-order valence-electron chi connectivity index (χ4n) is 5.67. The first-order chi connectivity index (χ1) is 21.8. The zero-order chi connectivity index (χ0) is 31.6. The molecule has 1 saturated carbocycles. The second kappa shape index (κ2) is 12.6. The van der Waals surface area contributed by atoms with Crippen LogP contribution in [0, 0.1) is 12.3 Å². The number of piperazine rings is 1. The van der Waals surface area contributed by atoms with Gasteiger partial charge in [-0.25, -0.2) is 14.8 Å². The molecule has 1 aliphatic carbocycles. The second-order valence-electron chi connectivity index (χ2n) is 11.8. The molecule has 1 aromatic heterocycles. The van der Waals surface area contributed by atoms with Gasteiger partial charge in [-0.3, -0.25) is 9.59 Å². The molecule has 1 N–H and O–H groups in total. The Labute approximate surface area is 261 Å². The number of hydrogen-bond donors (Lipinski definition) is 1. The zero-order valence-electron chi connectivity index (χ0n) is 25.7. The van der Waals surface area contributed by atoms with Crippen LogP contribution < -0.4 is 19.5 Å². The maximum absolute atomic E-state index is 13.2. The lowest BCUT2D eigenvalue weighted by molar-refractivity contribution is -0.133. The standard InChI is InChI=1S/C35H36N4O6/c1-22-4-6-24(7-5-22)16-31(40)35(12-13-35)32(41)17-25-8-10-26(11-9-25)44-33-27-18-29(43-3)30(19-28(27)37-21-38-33)45-34(42)39-15-14-36-20-23(39)2/h4-11,18-19,21,23,36H,12-17,20H2,1-3H3/t23-/m1/s1. The first-order valence-electron chi connectivity index (χ1n) is 15.2. The molecule has 2 fully saturated rings. The average Bonchev–Trinajstić information content (AvgIpc) is 3.86. The largest absolute Gasteiger partial charge is 0.493 e. The van der Waals surface area contributed by atoms with Gasteiger partial charge in [0.1, 0.15) is 12.1 Å². The van der Waals surface area contributed by atoms with E-state index >= 15 is 0 Å². The van der Waals surface area contributed by atoms with Crippen LogP contribution in [-0.4, -0.2) is 65.3 Å². The lowest BCUT2D eigenvalue weighted by Gasteiger charge is -2.33. The lowest BCUT2D eigenvalue weighted by atomic mass is 9.88. The molecular weight excluding hydrogens is 572 g/mol. The van der Waals surface area contributed by atoms with E-state index in [4.69, 9.17) is 14.2 Å². The highest BCUT2D eigenvalue weighted by Gasteiger charge is 2.54. The number of fused-ring (bicyclic) bond motifs is 1. The Morgan fingerprint density at radius 2 is 1.60 bits per heavy atom. The van der Waals surface area contributed by atoms with Crippen LogP contribution in [0.15, 0.2) is 67.0 Å². The van der Waals surface area contributed by atoms with Gasteiger partial charge in [-0.15, -0.1) is 0 Å². The summed E-state index contributed by atoms with van der Waals surface area (Å²) < 4.78 is 17.4. The number of rotatable bonds is 10. The molecular formula is C35H36N4O6. The predicted octanol–water partition coefficient (Wildman–Crippen LogP) is 5.24. The summed E-state index contributed by atoms with van der Waals surface area (Å²) in [5, 5.41) is 3.83. The Morgan fingerprint density at radius 3 is 2.22 bits per heavy atom. The number of aromatic nitrogens is 2. The summed E-state index contributed by atoms with van der Waals surface area (Å²) in [6, 6.07) is 18.4. The van der Waals surface area contributed by atoms with Crippen LogP contribution in [0.25, 0.3) is 10.9 Å². The third kappa shape index (κ3) is 6.51. The van der Waals surface area contributed by atoms with E-state index in [1.807, 2.05) is 50.2 Å². The molecule has 1 amide bonds. The van der Waals surface area contributed by atoms with Crippen LogP contribution in [0.5, 0.6) is 23.1 Å². The number of carbonyl (C=O) groups excluding carboxylic acids is 3. The molecule has 0 bridgehead atoms. The Morgan fingerprint density at radius 1 is 0.933 bits per heavy atom. The summed E-state index contributed by atoms with van der Waals surface area (Å²) in [4.78, 5) is 49.6. The van der Waals surface area contributed by atoms with E-state index < -0.39 is 11.5 Å². The molecule has 2 heterocycles. The molecule has 0 spiro atoms. The van der Waals surface area contributed by atoms with Crippen molar-refractivity contribution in [2.24, 2.45) is 5.41 Å². The molecule has 1 atom stereocenters. The summed E-state index contributed by atoms with van der Waals surface area (Å²) >= 11 is 0. The summed E-state index contributed by atoms with van der Waals surface area (Å²) in [5.74, 6) is 1.38. The first kappa shape index (κ1) is 30.2. The summed E-state index contributed by atoms with van der Waals surface area (Å²) in [7, 11) is 1.50. The highest BCUT2D eigenvalue weighted by atomic mass is 16.6. The smallest absolute Gasteiger partial charge is 0.415 e. The molecule has 3 aromatic carbocycles. The molecule has 10 heteroatoms. The number of benzene rings is 3. The van der Waals surface area contributed by atoms with Crippen molar-refractivity contribution < 1.29 is 28.6 Å². The van der Waals surface area contributed by atoms with Crippen LogP contribution in [0.1, 0.15) is 36.5 Å². The highest BCUT2D eigenvalue weighted by Crippen LogP contribution is 2.49. The quantitative estimate of drug-likeness (QED) is 0.241. The highest BCUT2D eigenvalue weighted by molar-refractivity contribution is 6.11. The maximum atomic E-state index is 13.2. The predicted molar refractivity (Wildman–Crippen MR) is 168 cm³/mol. The monoisotopic (exact) mass is 608 g/mol. The van der Waals surface area contributed by atoms with E-state index in [9.17, 15) is 14.4 Å². The molecule has 4 aromatic rings. The SMILES string of the molecule is COc1cc2c(Oc3ccc(CC(=O)C4(C(=O)Cc5ccc(C)cc5)CC4)cc3)ncnc2cc1OC(=O)N1CCNC[C@H]1C. The fraction of sp³-hybridized carbons (Fsp3) is 0.343. The topological polar surface area (TPSA) is 120 Å². The number of nitrogens with one attached hydrogen (secondary N) is 1. The second-order valence-corrected chi connectivity index (χ2v) is 11.8. The van der Waals surface area contributed by atoms with Crippen LogP contribution >= 0.6 is 0 Å². The number of ether oxygens (including phenoxy) is 3. The molecule has 0 unspecified atom stereocenters. The molecule has 1 aliphatic heterocycles. The number of amides is 1. The van der Waals surface area contributed by atoms with Crippen molar-refractivity contribution in [2.75, 3.05) is 26.7 Å². The molecule has 1 saturated heterocycles. The van der Waals surface area contributed by atoms with E-state index in [0.29, 0.717) is 60.8 Å². The van der Waals surface area contributed by atoms with Gasteiger partial charge < -0.3 is 24.4 Å². The van der Waals surface area contributed by atoms with Gasteiger partial charge in [0, 0.05) is 44.6 Å². The molecule has 0 radical (unpaired) electrons. The molecule has 10 nitrogen and oxygen atoms in total. The van der Waals surface area contributed by atoms with Gasteiger partial charge in [0.25, 0.3) is 0 Å². The molecule has 2 aliphatic rings.